The van der Waals surface area contributed by atoms with Crippen molar-refractivity contribution in [3.05, 3.63) is 100 Å². The second kappa shape index (κ2) is 13.0. The van der Waals surface area contributed by atoms with Crippen molar-refractivity contribution in [3.8, 4) is 0 Å². The summed E-state index contributed by atoms with van der Waals surface area (Å²) in [6.45, 7) is 0.748. The Balaban J connectivity index is 1.01. The SMILES string of the molecule is O=C(O)c1cc(NC(=O)[C@@H](Cc2ccccc2)NC(=O)c2cccc3c2[C@H]2C[C@@H]3CC2C(=O)NCC23CC4CC(CC(C4)C2)C3)cc(C(=O)O)c1. The van der Waals surface area contributed by atoms with Gasteiger partial charge >= 0.3 is 11.9 Å². The first-order valence-electron chi connectivity index (χ1n) is 18.2. The second-order valence-electron chi connectivity index (χ2n) is 15.9. The van der Waals surface area contributed by atoms with Crippen LogP contribution in [0.25, 0.3) is 0 Å². The summed E-state index contributed by atoms with van der Waals surface area (Å²) in [6.07, 6.45) is 9.48. The molecule has 10 heteroatoms. The van der Waals surface area contributed by atoms with Gasteiger partial charge in [-0.1, -0.05) is 42.5 Å². The van der Waals surface area contributed by atoms with Gasteiger partial charge in [-0.2, -0.15) is 0 Å². The Morgan fingerprint density at radius 1 is 0.765 bits per heavy atom. The summed E-state index contributed by atoms with van der Waals surface area (Å²) >= 11 is 0. The standard InChI is InChI=1S/C41H43N3O7/c45-36(42-21-41-18-23-9-24(19-41)11-25(10-23)20-41)33-17-26-16-32(33)35-30(26)7-4-8-31(35)37(46)44-34(12-22-5-2-1-3-6-22)38(47)43-29-14-27(39(48)49)13-28(15-29)40(50)51/h1-8,13-15,23-26,32-34H,9-12,16-21H2,(H,42,45)(H,43,47)(H,44,46)(H,48,49)(H,50,51)/t23?,24?,25?,26-,32+,33?,34-,41?/m1/s1. The molecule has 6 bridgehead atoms. The van der Waals surface area contributed by atoms with Crippen LogP contribution < -0.4 is 16.0 Å². The molecule has 264 valence electrons. The smallest absolute Gasteiger partial charge is 0.335 e. The quantitative estimate of drug-likeness (QED) is 0.165. The molecule has 6 aliphatic carbocycles. The minimum absolute atomic E-state index is 0.00933. The summed E-state index contributed by atoms with van der Waals surface area (Å²) in [5.74, 6) is -1.31. The first-order chi connectivity index (χ1) is 24.5. The van der Waals surface area contributed by atoms with Gasteiger partial charge in [-0.25, -0.2) is 9.59 Å². The molecule has 5 saturated carbocycles. The van der Waals surface area contributed by atoms with Crippen molar-refractivity contribution in [1.29, 1.82) is 0 Å². The van der Waals surface area contributed by atoms with E-state index in [9.17, 15) is 34.2 Å². The Labute approximate surface area is 296 Å². The van der Waals surface area contributed by atoms with Crippen molar-refractivity contribution in [2.45, 2.75) is 75.7 Å². The summed E-state index contributed by atoms with van der Waals surface area (Å²) in [6, 6.07) is 17.2. The van der Waals surface area contributed by atoms with E-state index in [-0.39, 0.29) is 52.3 Å². The number of hydrogen-bond donors (Lipinski definition) is 5. The van der Waals surface area contributed by atoms with Gasteiger partial charge in [0.05, 0.1) is 11.1 Å². The maximum Gasteiger partial charge on any atom is 0.335 e. The van der Waals surface area contributed by atoms with Crippen molar-refractivity contribution in [3.63, 3.8) is 0 Å². The van der Waals surface area contributed by atoms with Gasteiger partial charge in [0.15, 0.2) is 0 Å². The summed E-state index contributed by atoms with van der Waals surface area (Å²) < 4.78 is 0. The molecule has 3 aromatic carbocycles. The van der Waals surface area contributed by atoms with E-state index in [2.05, 4.69) is 16.0 Å². The lowest BCUT2D eigenvalue weighted by Crippen LogP contribution is -2.51. The Bertz CT molecular complexity index is 1860. The van der Waals surface area contributed by atoms with E-state index >= 15 is 0 Å². The first-order valence-corrected chi connectivity index (χ1v) is 18.2. The first kappa shape index (κ1) is 33.2. The van der Waals surface area contributed by atoms with Crippen LogP contribution in [0.3, 0.4) is 0 Å². The largest absolute Gasteiger partial charge is 0.478 e. The molecule has 0 aliphatic heterocycles. The molecule has 1 unspecified atom stereocenters. The van der Waals surface area contributed by atoms with E-state index in [4.69, 9.17) is 0 Å². The highest BCUT2D eigenvalue weighted by Crippen LogP contribution is 2.60. The molecule has 3 amide bonds. The molecule has 0 heterocycles. The van der Waals surface area contributed by atoms with Gasteiger partial charge < -0.3 is 26.2 Å². The fourth-order valence-corrected chi connectivity index (χ4v) is 10.8. The number of aromatic carboxylic acids is 2. The summed E-state index contributed by atoms with van der Waals surface area (Å²) in [4.78, 5) is 65.1. The molecular formula is C41H43N3O7. The van der Waals surface area contributed by atoms with E-state index in [1.54, 1.807) is 6.07 Å². The van der Waals surface area contributed by atoms with E-state index in [0.29, 0.717) is 5.56 Å². The molecule has 5 N–H and O–H groups in total. The van der Waals surface area contributed by atoms with Crippen LogP contribution in [-0.4, -0.2) is 52.5 Å². The van der Waals surface area contributed by atoms with E-state index in [1.165, 1.54) is 50.7 Å². The minimum atomic E-state index is -1.34. The van der Waals surface area contributed by atoms with Crippen molar-refractivity contribution in [1.82, 2.24) is 10.6 Å². The third-order valence-corrected chi connectivity index (χ3v) is 12.5. The lowest BCUT2D eigenvalue weighted by atomic mass is 9.49. The highest BCUT2D eigenvalue weighted by atomic mass is 16.4. The molecule has 3 aromatic rings. The molecule has 51 heavy (non-hydrogen) atoms. The Hall–Kier alpha value is -4.99. The highest BCUT2D eigenvalue weighted by Gasteiger charge is 2.52. The summed E-state index contributed by atoms with van der Waals surface area (Å²) in [5, 5.41) is 28.0. The number of carboxylic acids is 2. The molecular weight excluding hydrogens is 646 g/mol. The van der Waals surface area contributed by atoms with Crippen LogP contribution in [0.4, 0.5) is 5.69 Å². The molecule has 0 aromatic heterocycles. The van der Waals surface area contributed by atoms with Crippen LogP contribution in [0.1, 0.15) is 111 Å². The van der Waals surface area contributed by atoms with Gasteiger partial charge in [0.2, 0.25) is 11.8 Å². The van der Waals surface area contributed by atoms with Gasteiger partial charge in [0.25, 0.3) is 5.91 Å². The zero-order valence-electron chi connectivity index (χ0n) is 28.4. The molecule has 0 saturated heterocycles. The van der Waals surface area contributed by atoms with Crippen molar-refractivity contribution < 1.29 is 34.2 Å². The maximum atomic E-state index is 14.1. The number of hydrogen-bond acceptors (Lipinski definition) is 5. The Morgan fingerprint density at radius 3 is 2.04 bits per heavy atom. The van der Waals surface area contributed by atoms with Gasteiger partial charge in [-0.05, 0) is 127 Å². The van der Waals surface area contributed by atoms with Crippen LogP contribution in [0.15, 0.2) is 66.7 Å². The Morgan fingerprint density at radius 2 is 1.41 bits per heavy atom. The average Bonchev–Trinajstić information content (AvgIpc) is 3.70. The minimum Gasteiger partial charge on any atom is -0.478 e. The van der Waals surface area contributed by atoms with Gasteiger partial charge in [0.1, 0.15) is 6.04 Å². The van der Waals surface area contributed by atoms with Crippen molar-refractivity contribution in [2.24, 2.45) is 29.1 Å². The number of anilines is 1. The highest BCUT2D eigenvalue weighted by molar-refractivity contribution is 6.04. The maximum absolute atomic E-state index is 14.1. The van der Waals surface area contributed by atoms with Crippen molar-refractivity contribution in [2.75, 3.05) is 11.9 Å². The third-order valence-electron chi connectivity index (χ3n) is 12.5. The molecule has 9 rings (SSSR count). The predicted molar refractivity (Wildman–Crippen MR) is 189 cm³/mol. The van der Waals surface area contributed by atoms with Crippen LogP contribution in [0, 0.1) is 29.1 Å². The van der Waals surface area contributed by atoms with Crippen LogP contribution in [0.2, 0.25) is 0 Å². The van der Waals surface area contributed by atoms with Gasteiger partial charge in [-0.3, -0.25) is 14.4 Å². The number of carbonyl (C=O) groups is 5. The van der Waals surface area contributed by atoms with Crippen LogP contribution in [0.5, 0.6) is 0 Å². The zero-order valence-corrected chi connectivity index (χ0v) is 28.4. The molecule has 4 atom stereocenters. The number of rotatable bonds is 11. The predicted octanol–water partition coefficient (Wildman–Crippen LogP) is 5.99. The fourth-order valence-electron chi connectivity index (χ4n) is 10.8. The van der Waals surface area contributed by atoms with Gasteiger partial charge in [-0.15, -0.1) is 0 Å². The zero-order chi connectivity index (χ0) is 35.4. The third kappa shape index (κ3) is 6.41. The van der Waals surface area contributed by atoms with Gasteiger partial charge in [0, 0.05) is 30.1 Å². The monoisotopic (exact) mass is 689 g/mol. The average molecular weight is 690 g/mol. The second-order valence-corrected chi connectivity index (χ2v) is 15.9. The number of carboxylic acid groups (broad SMARTS) is 2. The van der Waals surface area contributed by atoms with E-state index in [0.717, 1.165) is 59.9 Å². The number of fused-ring (bicyclic) bond motifs is 5. The summed E-state index contributed by atoms with van der Waals surface area (Å²) in [5.41, 5.74) is 2.87. The molecule has 10 nitrogen and oxygen atoms in total. The van der Waals surface area contributed by atoms with Crippen LogP contribution in [-0.2, 0) is 16.0 Å². The van der Waals surface area contributed by atoms with Crippen molar-refractivity contribution >= 4 is 35.3 Å². The summed E-state index contributed by atoms with van der Waals surface area (Å²) in [7, 11) is 0. The number of nitrogens with one attached hydrogen (secondary N) is 3. The fraction of sp³-hybridized carbons (Fsp3) is 0.439. The Kier molecular flexibility index (Phi) is 8.43. The molecule has 0 spiro atoms. The normalized spacial score (nSPS) is 28.5. The molecule has 5 fully saturated rings. The molecule has 0 radical (unpaired) electrons. The lowest BCUT2D eigenvalue weighted by Gasteiger charge is -2.57. The van der Waals surface area contributed by atoms with E-state index in [1.807, 2.05) is 42.5 Å². The van der Waals surface area contributed by atoms with E-state index < -0.39 is 29.8 Å². The number of amides is 3. The molecule has 6 aliphatic rings. The topological polar surface area (TPSA) is 162 Å². The lowest BCUT2D eigenvalue weighted by molar-refractivity contribution is -0.127. The van der Waals surface area contributed by atoms with Crippen LogP contribution >= 0.6 is 0 Å². The number of carbonyl (C=O) groups excluding carboxylic acids is 3. The number of benzene rings is 3.